The summed E-state index contributed by atoms with van der Waals surface area (Å²) in [6.45, 7) is 2.11. The number of benzene rings is 1. The van der Waals surface area contributed by atoms with Crippen LogP contribution in [0.15, 0.2) is 24.3 Å². The smallest absolute Gasteiger partial charge is 0.0894 e. The summed E-state index contributed by atoms with van der Waals surface area (Å²) < 4.78 is 11.9. The summed E-state index contributed by atoms with van der Waals surface area (Å²) in [6, 6.07) is 9.11. The van der Waals surface area contributed by atoms with Gasteiger partial charge in [-0.25, -0.2) is 0 Å². The zero-order valence-corrected chi connectivity index (χ0v) is 10.8. The number of hydrogen-bond acceptors (Lipinski definition) is 0. The van der Waals surface area contributed by atoms with Gasteiger partial charge in [-0.1, -0.05) is 44.0 Å². The summed E-state index contributed by atoms with van der Waals surface area (Å²) in [7, 11) is 0. The SMILES string of the molecule is CCC1CC1c1ccc(CCCCCF)cc1. The molecule has 17 heavy (non-hydrogen) atoms. The molecule has 1 aromatic carbocycles. The molecular formula is C16H23F. The maximum Gasteiger partial charge on any atom is 0.0894 e. The van der Waals surface area contributed by atoms with Gasteiger partial charge in [0.2, 0.25) is 0 Å². The summed E-state index contributed by atoms with van der Waals surface area (Å²) in [6.07, 6.45) is 6.64. The number of aryl methyl sites for hydroxylation is 1. The molecule has 1 heteroatoms. The van der Waals surface area contributed by atoms with Crippen LogP contribution in [-0.4, -0.2) is 6.67 Å². The number of hydrogen-bond donors (Lipinski definition) is 0. The molecule has 0 aromatic heterocycles. The first kappa shape index (κ1) is 12.6. The molecule has 0 spiro atoms. The van der Waals surface area contributed by atoms with Crippen LogP contribution in [0.4, 0.5) is 4.39 Å². The van der Waals surface area contributed by atoms with Crippen molar-refractivity contribution in [2.75, 3.05) is 6.67 Å². The van der Waals surface area contributed by atoms with E-state index >= 15 is 0 Å². The third-order valence-electron chi connectivity index (χ3n) is 3.95. The van der Waals surface area contributed by atoms with Crippen LogP contribution in [0.3, 0.4) is 0 Å². The van der Waals surface area contributed by atoms with E-state index in [4.69, 9.17) is 0 Å². The Hall–Kier alpha value is -0.850. The normalized spacial score (nSPS) is 22.7. The zero-order valence-electron chi connectivity index (χ0n) is 10.8. The maximum absolute atomic E-state index is 11.9. The molecule has 94 valence electrons. The van der Waals surface area contributed by atoms with E-state index in [-0.39, 0.29) is 6.67 Å². The van der Waals surface area contributed by atoms with E-state index in [1.807, 2.05) is 0 Å². The molecule has 1 saturated carbocycles. The van der Waals surface area contributed by atoms with E-state index < -0.39 is 0 Å². The predicted molar refractivity (Wildman–Crippen MR) is 71.1 cm³/mol. The molecule has 2 atom stereocenters. The van der Waals surface area contributed by atoms with Crippen LogP contribution in [0, 0.1) is 5.92 Å². The van der Waals surface area contributed by atoms with Gasteiger partial charge in [-0.3, -0.25) is 4.39 Å². The molecule has 1 aromatic rings. The Morgan fingerprint density at radius 2 is 1.88 bits per heavy atom. The lowest BCUT2D eigenvalue weighted by atomic mass is 10.0. The van der Waals surface area contributed by atoms with Gasteiger partial charge in [-0.2, -0.15) is 0 Å². The summed E-state index contributed by atoms with van der Waals surface area (Å²) in [5.41, 5.74) is 2.92. The molecule has 0 radical (unpaired) electrons. The van der Waals surface area contributed by atoms with Crippen molar-refractivity contribution < 1.29 is 4.39 Å². The highest BCUT2D eigenvalue weighted by Gasteiger charge is 2.36. The Kier molecular flexibility index (Phi) is 4.58. The van der Waals surface area contributed by atoms with Gasteiger partial charge in [0.15, 0.2) is 0 Å². The van der Waals surface area contributed by atoms with E-state index in [1.54, 1.807) is 0 Å². The second-order valence-electron chi connectivity index (χ2n) is 5.25. The first-order chi connectivity index (χ1) is 8.35. The van der Waals surface area contributed by atoms with Crippen LogP contribution < -0.4 is 0 Å². The highest BCUT2D eigenvalue weighted by molar-refractivity contribution is 5.29. The van der Waals surface area contributed by atoms with Gasteiger partial charge in [0.1, 0.15) is 0 Å². The van der Waals surface area contributed by atoms with Crippen LogP contribution in [0.2, 0.25) is 0 Å². The molecule has 1 aliphatic rings. The molecule has 0 N–H and O–H groups in total. The van der Waals surface area contributed by atoms with Gasteiger partial charge in [-0.05, 0) is 48.6 Å². The van der Waals surface area contributed by atoms with Crippen LogP contribution in [0.1, 0.15) is 56.1 Å². The molecule has 2 unspecified atom stereocenters. The van der Waals surface area contributed by atoms with Crippen LogP contribution in [-0.2, 0) is 6.42 Å². The fourth-order valence-corrected chi connectivity index (χ4v) is 2.64. The van der Waals surface area contributed by atoms with Crippen molar-refractivity contribution in [1.29, 1.82) is 0 Å². The third kappa shape index (κ3) is 3.55. The van der Waals surface area contributed by atoms with Gasteiger partial charge in [0.25, 0.3) is 0 Å². The first-order valence-electron chi connectivity index (χ1n) is 7.00. The highest BCUT2D eigenvalue weighted by atomic mass is 19.1. The van der Waals surface area contributed by atoms with E-state index in [1.165, 1.54) is 24.0 Å². The predicted octanol–water partition coefficient (Wildman–Crippen LogP) is 4.88. The quantitative estimate of drug-likeness (QED) is 0.590. The van der Waals surface area contributed by atoms with E-state index in [0.717, 1.165) is 37.5 Å². The molecule has 0 bridgehead atoms. The fourth-order valence-electron chi connectivity index (χ4n) is 2.64. The molecular weight excluding hydrogens is 211 g/mol. The summed E-state index contributed by atoms with van der Waals surface area (Å²) >= 11 is 0. The summed E-state index contributed by atoms with van der Waals surface area (Å²) in [5.74, 6) is 1.77. The molecule has 0 nitrogen and oxygen atoms in total. The molecule has 0 heterocycles. The van der Waals surface area contributed by atoms with Gasteiger partial charge in [0.05, 0.1) is 6.67 Å². The highest BCUT2D eigenvalue weighted by Crippen LogP contribution is 2.49. The van der Waals surface area contributed by atoms with Gasteiger partial charge in [0, 0.05) is 0 Å². The fraction of sp³-hybridized carbons (Fsp3) is 0.625. The molecule has 1 aliphatic carbocycles. The van der Waals surface area contributed by atoms with E-state index in [9.17, 15) is 4.39 Å². The van der Waals surface area contributed by atoms with Gasteiger partial charge < -0.3 is 0 Å². The van der Waals surface area contributed by atoms with Crippen molar-refractivity contribution >= 4 is 0 Å². The minimum atomic E-state index is -0.168. The topological polar surface area (TPSA) is 0 Å². The molecule has 0 saturated heterocycles. The Labute approximate surface area is 104 Å². The lowest BCUT2D eigenvalue weighted by molar-refractivity contribution is 0.456. The Bertz CT molecular complexity index is 328. The van der Waals surface area contributed by atoms with Crippen molar-refractivity contribution in [1.82, 2.24) is 0 Å². The van der Waals surface area contributed by atoms with Crippen molar-refractivity contribution in [3.05, 3.63) is 35.4 Å². The summed E-state index contributed by atoms with van der Waals surface area (Å²) in [4.78, 5) is 0. The standard InChI is InChI=1S/C16H23F/c1-2-14-12-16(14)15-9-7-13(8-10-15)6-4-3-5-11-17/h7-10,14,16H,2-6,11-12H2,1H3. The van der Waals surface area contributed by atoms with Crippen molar-refractivity contribution in [3.8, 4) is 0 Å². The van der Waals surface area contributed by atoms with E-state index in [0.29, 0.717) is 0 Å². The van der Waals surface area contributed by atoms with Crippen molar-refractivity contribution in [2.24, 2.45) is 5.92 Å². The minimum Gasteiger partial charge on any atom is -0.251 e. The average molecular weight is 234 g/mol. The number of halogens is 1. The molecule has 1 fully saturated rings. The first-order valence-corrected chi connectivity index (χ1v) is 7.00. The van der Waals surface area contributed by atoms with Crippen LogP contribution >= 0.6 is 0 Å². The van der Waals surface area contributed by atoms with Gasteiger partial charge >= 0.3 is 0 Å². The maximum atomic E-state index is 11.9. The van der Waals surface area contributed by atoms with Crippen molar-refractivity contribution in [2.45, 2.75) is 51.4 Å². The number of unbranched alkanes of at least 4 members (excludes halogenated alkanes) is 2. The Morgan fingerprint density at radius 3 is 2.47 bits per heavy atom. The largest absolute Gasteiger partial charge is 0.251 e. The van der Waals surface area contributed by atoms with Crippen LogP contribution in [0.25, 0.3) is 0 Å². The second kappa shape index (κ2) is 6.18. The van der Waals surface area contributed by atoms with Crippen LogP contribution in [0.5, 0.6) is 0 Å². The monoisotopic (exact) mass is 234 g/mol. The zero-order chi connectivity index (χ0) is 12.1. The lowest BCUT2D eigenvalue weighted by Crippen LogP contribution is -1.88. The Balaban J connectivity index is 1.78. The average Bonchev–Trinajstić information content (AvgIpc) is 3.15. The number of rotatable bonds is 7. The lowest BCUT2D eigenvalue weighted by Gasteiger charge is -2.03. The molecule has 2 rings (SSSR count). The Morgan fingerprint density at radius 1 is 1.12 bits per heavy atom. The molecule has 0 aliphatic heterocycles. The van der Waals surface area contributed by atoms with E-state index in [2.05, 4.69) is 31.2 Å². The van der Waals surface area contributed by atoms with Gasteiger partial charge in [-0.15, -0.1) is 0 Å². The summed E-state index contributed by atoms with van der Waals surface area (Å²) in [5, 5.41) is 0. The van der Waals surface area contributed by atoms with Crippen molar-refractivity contribution in [3.63, 3.8) is 0 Å². The third-order valence-corrected chi connectivity index (χ3v) is 3.95. The minimum absolute atomic E-state index is 0.168. The second-order valence-corrected chi connectivity index (χ2v) is 5.25. The molecule has 0 amide bonds. The number of alkyl halides is 1.